The third-order valence-corrected chi connectivity index (χ3v) is 6.64. The van der Waals surface area contributed by atoms with Crippen LogP contribution in [0.15, 0.2) is 97.5 Å². The van der Waals surface area contributed by atoms with Crippen LogP contribution in [0.25, 0.3) is 55.8 Å². The van der Waals surface area contributed by atoms with Gasteiger partial charge in [-0.2, -0.15) is 5.10 Å². The highest BCUT2D eigenvalue weighted by Crippen LogP contribution is 2.33. The fourth-order valence-corrected chi connectivity index (χ4v) is 4.74. The molecule has 194 valence electrons. The van der Waals surface area contributed by atoms with Gasteiger partial charge in [0.1, 0.15) is 35.1 Å². The van der Waals surface area contributed by atoms with E-state index in [1.165, 1.54) is 12.1 Å². The molecule has 0 saturated carbocycles. The molecule has 0 saturated heterocycles. The van der Waals surface area contributed by atoms with Crippen molar-refractivity contribution in [2.75, 3.05) is 0 Å². The Morgan fingerprint density at radius 1 is 0.825 bits per heavy atom. The van der Waals surface area contributed by atoms with Crippen molar-refractivity contribution in [2.24, 2.45) is 0 Å². The van der Waals surface area contributed by atoms with Crippen LogP contribution in [-0.2, 0) is 6.61 Å². The van der Waals surface area contributed by atoms with Crippen molar-refractivity contribution in [3.05, 3.63) is 109 Å². The summed E-state index contributed by atoms with van der Waals surface area (Å²) in [5.41, 5.74) is 6.54. The summed E-state index contributed by atoms with van der Waals surface area (Å²) in [5, 5.41) is 18.4. The summed E-state index contributed by atoms with van der Waals surface area (Å²) in [7, 11) is 0. The minimum absolute atomic E-state index is 0.181. The summed E-state index contributed by atoms with van der Waals surface area (Å²) in [5.74, 6) is 0.472. The minimum Gasteiger partial charge on any atom is -0.508 e. The van der Waals surface area contributed by atoms with Crippen LogP contribution < -0.4 is 4.74 Å². The van der Waals surface area contributed by atoms with E-state index in [9.17, 15) is 9.50 Å². The fourth-order valence-electron chi connectivity index (χ4n) is 4.74. The minimum atomic E-state index is -0.556. The van der Waals surface area contributed by atoms with Crippen molar-refractivity contribution < 1.29 is 14.2 Å². The molecule has 0 unspecified atom stereocenters. The molecule has 0 aliphatic carbocycles. The zero-order valence-corrected chi connectivity index (χ0v) is 21.0. The zero-order chi connectivity index (χ0) is 27.1. The molecule has 9 heteroatoms. The monoisotopic (exact) mass is 528 g/mol. The van der Waals surface area contributed by atoms with Crippen LogP contribution >= 0.6 is 0 Å². The molecule has 0 spiro atoms. The van der Waals surface area contributed by atoms with Crippen molar-refractivity contribution in [1.29, 1.82) is 0 Å². The van der Waals surface area contributed by atoms with E-state index >= 15 is 0 Å². The van der Waals surface area contributed by atoms with E-state index in [0.717, 1.165) is 33.7 Å². The Labute approximate surface area is 227 Å². The molecule has 7 rings (SSSR count). The number of nitrogens with one attached hydrogen (secondary N) is 2. The van der Waals surface area contributed by atoms with Crippen LogP contribution in [0, 0.1) is 5.82 Å². The third-order valence-electron chi connectivity index (χ3n) is 6.64. The molecule has 0 fully saturated rings. The Bertz CT molecular complexity index is 1980. The number of benzene rings is 3. The average Bonchev–Trinajstić information content (AvgIpc) is 3.60. The third kappa shape index (κ3) is 4.39. The number of ether oxygens (including phenoxy) is 1. The quantitative estimate of drug-likeness (QED) is 0.223. The number of phenols is 1. The summed E-state index contributed by atoms with van der Waals surface area (Å²) in [6.45, 7) is 0.453. The van der Waals surface area contributed by atoms with Gasteiger partial charge in [0.05, 0.1) is 22.9 Å². The normalized spacial score (nSPS) is 11.3. The number of nitrogens with zero attached hydrogens (tertiary/aromatic N) is 4. The van der Waals surface area contributed by atoms with E-state index in [2.05, 4.69) is 25.1 Å². The lowest BCUT2D eigenvalue weighted by Gasteiger charge is -2.08. The first-order valence-electron chi connectivity index (χ1n) is 12.6. The number of aromatic nitrogens is 6. The van der Waals surface area contributed by atoms with Crippen molar-refractivity contribution in [3.63, 3.8) is 0 Å². The predicted molar refractivity (Wildman–Crippen MR) is 150 cm³/mol. The first-order valence-corrected chi connectivity index (χ1v) is 12.6. The first-order chi connectivity index (χ1) is 19.6. The van der Waals surface area contributed by atoms with Crippen molar-refractivity contribution >= 4 is 21.9 Å². The topological polar surface area (TPSA) is 113 Å². The fraction of sp³-hybridized carbons (Fsp3) is 0.0323. The molecular formula is C31H21FN6O2. The van der Waals surface area contributed by atoms with Crippen LogP contribution in [0.5, 0.6) is 11.5 Å². The van der Waals surface area contributed by atoms with Crippen LogP contribution in [0.2, 0.25) is 0 Å². The standard InChI is InChI=1S/C31H21FN6O2/c32-22-10-20(11-23(39)14-22)28-30-27(8-9-34-28)35-31(36-30)29-25-13-19(6-7-26(25)37-38-29)21-12-24(16-33-15-21)40-17-18-4-2-1-3-5-18/h1-16,39H,17H2,(H,35,36)(H,37,38). The number of rotatable bonds is 6. The van der Waals surface area contributed by atoms with Gasteiger partial charge >= 0.3 is 0 Å². The van der Waals surface area contributed by atoms with Crippen LogP contribution in [-0.4, -0.2) is 35.2 Å². The predicted octanol–water partition coefficient (Wildman–Crippen LogP) is 6.65. The summed E-state index contributed by atoms with van der Waals surface area (Å²) in [6.07, 6.45) is 5.11. The second-order valence-corrected chi connectivity index (χ2v) is 9.36. The lowest BCUT2D eigenvalue weighted by Crippen LogP contribution is -1.95. The van der Waals surface area contributed by atoms with Gasteiger partial charge in [-0.25, -0.2) is 9.37 Å². The Morgan fingerprint density at radius 3 is 2.60 bits per heavy atom. The van der Waals surface area contributed by atoms with Crippen LogP contribution in [0.4, 0.5) is 4.39 Å². The van der Waals surface area contributed by atoms with Crippen LogP contribution in [0.1, 0.15) is 5.56 Å². The first kappa shape index (κ1) is 23.5. The van der Waals surface area contributed by atoms with Crippen molar-refractivity contribution in [3.8, 4) is 45.4 Å². The van der Waals surface area contributed by atoms with E-state index in [1.54, 1.807) is 24.7 Å². The highest BCUT2D eigenvalue weighted by Gasteiger charge is 2.17. The summed E-state index contributed by atoms with van der Waals surface area (Å²) < 4.78 is 20.0. The second kappa shape index (κ2) is 9.63. The molecular weight excluding hydrogens is 507 g/mol. The molecule has 0 atom stereocenters. The highest BCUT2D eigenvalue weighted by atomic mass is 19.1. The van der Waals surface area contributed by atoms with Crippen molar-refractivity contribution in [2.45, 2.75) is 6.61 Å². The van der Waals surface area contributed by atoms with Gasteiger partial charge in [0.15, 0.2) is 5.82 Å². The Balaban J connectivity index is 1.25. The molecule has 0 radical (unpaired) electrons. The van der Waals surface area contributed by atoms with Crippen molar-refractivity contribution in [1.82, 2.24) is 30.1 Å². The highest BCUT2D eigenvalue weighted by molar-refractivity contribution is 5.97. The Kier molecular flexibility index (Phi) is 5.67. The summed E-state index contributed by atoms with van der Waals surface area (Å²) in [6, 6.07) is 23.6. The van der Waals surface area contributed by atoms with E-state index < -0.39 is 5.82 Å². The lowest BCUT2D eigenvalue weighted by atomic mass is 10.0. The molecule has 0 amide bonds. The lowest BCUT2D eigenvalue weighted by molar-refractivity contribution is 0.305. The smallest absolute Gasteiger partial charge is 0.159 e. The van der Waals surface area contributed by atoms with Gasteiger partial charge in [-0.1, -0.05) is 36.4 Å². The van der Waals surface area contributed by atoms with Gasteiger partial charge in [0.25, 0.3) is 0 Å². The van der Waals surface area contributed by atoms with E-state index in [4.69, 9.17) is 9.72 Å². The second-order valence-electron chi connectivity index (χ2n) is 9.36. The Hall–Kier alpha value is -5.57. The molecule has 0 aliphatic rings. The van der Waals surface area contributed by atoms with Gasteiger partial charge < -0.3 is 14.8 Å². The molecule has 4 heterocycles. The molecule has 0 aliphatic heterocycles. The zero-order valence-electron chi connectivity index (χ0n) is 21.0. The number of hydrogen-bond acceptors (Lipinski definition) is 6. The maximum atomic E-state index is 14.0. The van der Waals surface area contributed by atoms with E-state index in [0.29, 0.717) is 46.2 Å². The molecule has 40 heavy (non-hydrogen) atoms. The SMILES string of the molecule is Oc1cc(F)cc(-c2nccc3[nH]c(-c4n[nH]c5ccc(-c6cncc(OCc7ccccc7)c6)cc45)nc23)c1. The van der Waals surface area contributed by atoms with Crippen LogP contribution in [0.3, 0.4) is 0 Å². The van der Waals surface area contributed by atoms with Gasteiger partial charge in [0.2, 0.25) is 0 Å². The molecule has 4 aromatic heterocycles. The van der Waals surface area contributed by atoms with E-state index in [1.807, 2.05) is 54.6 Å². The number of pyridine rings is 2. The number of phenolic OH excluding ortho intramolecular Hbond substituents is 1. The maximum absolute atomic E-state index is 14.0. The molecule has 3 aromatic carbocycles. The number of imidazole rings is 1. The largest absolute Gasteiger partial charge is 0.508 e. The van der Waals surface area contributed by atoms with Gasteiger partial charge in [0, 0.05) is 35.0 Å². The molecule has 7 aromatic rings. The van der Waals surface area contributed by atoms with E-state index in [-0.39, 0.29) is 5.75 Å². The summed E-state index contributed by atoms with van der Waals surface area (Å²) in [4.78, 5) is 16.9. The van der Waals surface area contributed by atoms with Gasteiger partial charge in [-0.15, -0.1) is 0 Å². The molecule has 3 N–H and O–H groups in total. The van der Waals surface area contributed by atoms with Gasteiger partial charge in [-0.3, -0.25) is 15.1 Å². The summed E-state index contributed by atoms with van der Waals surface area (Å²) >= 11 is 0. The maximum Gasteiger partial charge on any atom is 0.159 e. The van der Waals surface area contributed by atoms with Gasteiger partial charge in [-0.05, 0) is 47.5 Å². The Morgan fingerprint density at radius 2 is 1.73 bits per heavy atom. The molecule has 0 bridgehead atoms. The number of aromatic hydroxyl groups is 1. The average molecular weight is 529 g/mol. The number of aromatic amines is 2. The number of H-pyrrole nitrogens is 2. The number of hydrogen-bond donors (Lipinski definition) is 3. The molecule has 8 nitrogen and oxygen atoms in total. The number of halogens is 1. The number of fused-ring (bicyclic) bond motifs is 2.